The highest BCUT2D eigenvalue weighted by Crippen LogP contribution is 2.29. The summed E-state index contributed by atoms with van der Waals surface area (Å²) in [6, 6.07) is 1.96. The molecular weight excluding hydrogens is 260 g/mol. The molecule has 0 amide bonds. The van der Waals surface area contributed by atoms with Crippen molar-refractivity contribution in [3.05, 3.63) is 37.5 Å². The Hall–Kier alpha value is -1.47. The Balaban J connectivity index is 2.06. The van der Waals surface area contributed by atoms with Crippen molar-refractivity contribution in [3.8, 4) is 10.6 Å². The van der Waals surface area contributed by atoms with Gasteiger partial charge in [0.05, 0.1) is 11.1 Å². The number of hydrogen-bond acceptors (Lipinski definition) is 6. The van der Waals surface area contributed by atoms with Crippen LogP contribution in [0, 0.1) is 22.4 Å². The summed E-state index contributed by atoms with van der Waals surface area (Å²) in [5.74, 6) is 0. The number of aromatic nitrogens is 1. The highest BCUT2D eigenvalue weighted by Gasteiger charge is 2.10. The van der Waals surface area contributed by atoms with Gasteiger partial charge in [0.25, 0.3) is 5.09 Å². The molecule has 0 N–H and O–H groups in total. The summed E-state index contributed by atoms with van der Waals surface area (Å²) in [4.78, 5) is 19.8. The van der Waals surface area contributed by atoms with Crippen LogP contribution in [0.4, 0.5) is 0 Å². The molecule has 0 saturated heterocycles. The molecule has 0 aliphatic carbocycles. The van der Waals surface area contributed by atoms with E-state index in [-0.39, 0.29) is 6.61 Å². The maximum atomic E-state index is 10.0. The fraction of sp³-hybridized carbons (Fsp3) is 0.300. The molecule has 0 unspecified atom stereocenters. The molecule has 2 heterocycles. The third kappa shape index (κ3) is 3.01. The van der Waals surface area contributed by atoms with Crippen molar-refractivity contribution < 1.29 is 9.92 Å². The Morgan fingerprint density at radius 2 is 2.47 bits per heavy atom. The second-order valence-electron chi connectivity index (χ2n) is 3.27. The molecule has 0 aliphatic heterocycles. The summed E-state index contributed by atoms with van der Waals surface area (Å²) in [6.07, 6.45) is 0.509. The normalized spacial score (nSPS) is 10.4. The molecule has 2 rings (SSSR count). The van der Waals surface area contributed by atoms with Crippen LogP contribution in [0.2, 0.25) is 0 Å². The molecule has 17 heavy (non-hydrogen) atoms. The minimum Gasteiger partial charge on any atom is -0.314 e. The first-order chi connectivity index (χ1) is 8.16. The van der Waals surface area contributed by atoms with E-state index in [9.17, 15) is 10.1 Å². The average Bonchev–Trinajstić information content (AvgIpc) is 2.87. The highest BCUT2D eigenvalue weighted by molar-refractivity contribution is 7.15. The Labute approximate surface area is 106 Å². The molecule has 2 aromatic heterocycles. The Bertz CT molecular complexity index is 508. The van der Waals surface area contributed by atoms with Crippen LogP contribution in [0.25, 0.3) is 10.6 Å². The zero-order chi connectivity index (χ0) is 12.3. The van der Waals surface area contributed by atoms with Gasteiger partial charge < -0.3 is 4.84 Å². The molecule has 5 nitrogen and oxygen atoms in total. The predicted molar refractivity (Wildman–Crippen MR) is 65.7 cm³/mol. The van der Waals surface area contributed by atoms with E-state index in [0.29, 0.717) is 6.42 Å². The van der Waals surface area contributed by atoms with Crippen molar-refractivity contribution in [2.24, 2.45) is 0 Å². The molecular formula is C10H9N2O3S2. The van der Waals surface area contributed by atoms with Gasteiger partial charge in [0.2, 0.25) is 0 Å². The van der Waals surface area contributed by atoms with Gasteiger partial charge >= 0.3 is 0 Å². The quantitative estimate of drug-likeness (QED) is 0.618. The van der Waals surface area contributed by atoms with Crippen molar-refractivity contribution in [3.63, 3.8) is 0 Å². The van der Waals surface area contributed by atoms with Crippen LogP contribution in [-0.4, -0.2) is 16.7 Å². The molecule has 1 radical (unpaired) electrons. The summed E-state index contributed by atoms with van der Waals surface area (Å²) >= 11 is 3.03. The molecule has 0 spiro atoms. The third-order valence-corrected chi connectivity index (χ3v) is 3.98. The lowest BCUT2D eigenvalue weighted by atomic mass is 10.3. The summed E-state index contributed by atoms with van der Waals surface area (Å²) < 4.78 is 0. The topological polar surface area (TPSA) is 65.3 Å². The second kappa shape index (κ2) is 5.24. The number of thiophene rings is 1. The van der Waals surface area contributed by atoms with Crippen molar-refractivity contribution in [2.45, 2.75) is 13.3 Å². The lowest BCUT2D eigenvalue weighted by molar-refractivity contribution is -0.757. The molecule has 0 aromatic carbocycles. The average molecular weight is 269 g/mol. The van der Waals surface area contributed by atoms with E-state index >= 15 is 0 Å². The minimum absolute atomic E-state index is 0.0722. The SMILES string of the molecule is Cc1nc(-c2[c]scc2)sc1CCO[N+](=O)[O-]. The molecule has 0 atom stereocenters. The lowest BCUT2D eigenvalue weighted by Crippen LogP contribution is -2.04. The Morgan fingerprint density at radius 1 is 1.65 bits per heavy atom. The van der Waals surface area contributed by atoms with Crippen molar-refractivity contribution in [2.75, 3.05) is 6.61 Å². The van der Waals surface area contributed by atoms with Gasteiger partial charge in [-0.1, -0.05) is 0 Å². The zero-order valence-electron chi connectivity index (χ0n) is 9.00. The Kier molecular flexibility index (Phi) is 3.70. The van der Waals surface area contributed by atoms with Crippen molar-refractivity contribution >= 4 is 22.7 Å². The van der Waals surface area contributed by atoms with Crippen LogP contribution < -0.4 is 0 Å². The van der Waals surface area contributed by atoms with E-state index < -0.39 is 5.09 Å². The van der Waals surface area contributed by atoms with Crippen LogP contribution in [0.1, 0.15) is 10.6 Å². The standard InChI is InChI=1S/C10H9N2O3S2/c1-7-9(2-4-15-12(13)14)17-10(11-7)8-3-5-16-6-8/h3,5H,2,4H2,1H3. The smallest absolute Gasteiger partial charge is 0.294 e. The number of thiazole rings is 1. The fourth-order valence-electron chi connectivity index (χ4n) is 1.34. The zero-order valence-corrected chi connectivity index (χ0v) is 10.6. The summed E-state index contributed by atoms with van der Waals surface area (Å²) in [7, 11) is 0. The van der Waals surface area contributed by atoms with Crippen molar-refractivity contribution in [1.82, 2.24) is 4.98 Å². The monoisotopic (exact) mass is 269 g/mol. The van der Waals surface area contributed by atoms with Crippen LogP contribution in [0.5, 0.6) is 0 Å². The fourth-order valence-corrected chi connectivity index (χ4v) is 2.99. The van der Waals surface area contributed by atoms with Crippen LogP contribution >= 0.6 is 22.7 Å². The summed E-state index contributed by atoms with van der Waals surface area (Å²) in [6.45, 7) is 1.97. The van der Waals surface area contributed by atoms with Gasteiger partial charge in [-0.05, 0) is 18.4 Å². The highest BCUT2D eigenvalue weighted by atomic mass is 32.1. The number of hydrogen-bond donors (Lipinski definition) is 0. The maximum absolute atomic E-state index is 10.0. The van der Waals surface area contributed by atoms with E-state index in [2.05, 4.69) is 15.2 Å². The van der Waals surface area contributed by atoms with Gasteiger partial charge in [-0.15, -0.1) is 32.8 Å². The summed E-state index contributed by atoms with van der Waals surface area (Å²) in [5.41, 5.74) is 1.88. The van der Waals surface area contributed by atoms with Gasteiger partial charge in [0, 0.05) is 16.9 Å². The minimum atomic E-state index is -0.774. The van der Waals surface area contributed by atoms with Crippen molar-refractivity contribution in [1.29, 1.82) is 0 Å². The first-order valence-electron chi connectivity index (χ1n) is 4.86. The van der Waals surface area contributed by atoms with Crippen LogP contribution in [-0.2, 0) is 11.3 Å². The van der Waals surface area contributed by atoms with Gasteiger partial charge in [0.1, 0.15) is 11.6 Å². The number of rotatable bonds is 5. The molecule has 0 saturated carbocycles. The van der Waals surface area contributed by atoms with Crippen LogP contribution in [0.3, 0.4) is 0 Å². The molecule has 0 aliphatic rings. The van der Waals surface area contributed by atoms with Gasteiger partial charge in [0.15, 0.2) is 0 Å². The maximum Gasteiger partial charge on any atom is 0.294 e. The third-order valence-electron chi connectivity index (χ3n) is 2.12. The molecule has 0 fully saturated rings. The molecule has 0 bridgehead atoms. The largest absolute Gasteiger partial charge is 0.314 e. The van der Waals surface area contributed by atoms with E-state index in [0.717, 1.165) is 21.1 Å². The van der Waals surface area contributed by atoms with Gasteiger partial charge in [-0.3, -0.25) is 0 Å². The predicted octanol–water partition coefficient (Wildman–Crippen LogP) is 2.73. The summed E-state index contributed by atoms with van der Waals surface area (Å²) in [5, 5.41) is 15.2. The van der Waals surface area contributed by atoms with E-state index in [1.165, 1.54) is 22.7 Å². The molecule has 2 aromatic rings. The van der Waals surface area contributed by atoms with Gasteiger partial charge in [-0.2, -0.15) is 0 Å². The number of aryl methyl sites for hydroxylation is 1. The molecule has 89 valence electrons. The van der Waals surface area contributed by atoms with Gasteiger partial charge in [-0.25, -0.2) is 4.98 Å². The van der Waals surface area contributed by atoms with E-state index in [1.54, 1.807) is 0 Å². The van der Waals surface area contributed by atoms with E-state index in [1.807, 2.05) is 18.4 Å². The Morgan fingerprint density at radius 3 is 3.12 bits per heavy atom. The first-order valence-corrected chi connectivity index (χ1v) is 6.55. The molecule has 7 heteroatoms. The van der Waals surface area contributed by atoms with Crippen LogP contribution in [0.15, 0.2) is 11.4 Å². The second-order valence-corrected chi connectivity index (χ2v) is 5.07. The lowest BCUT2D eigenvalue weighted by Gasteiger charge is -1.96. The first kappa shape index (κ1) is 12.0. The number of nitrogens with zero attached hydrogens (tertiary/aromatic N) is 2. The van der Waals surface area contributed by atoms with E-state index in [4.69, 9.17) is 0 Å².